The normalized spacial score (nSPS) is 11.9. The highest BCUT2D eigenvalue weighted by atomic mass is 127. The Balaban J connectivity index is 0.00000676. The van der Waals surface area contributed by atoms with Gasteiger partial charge in [-0.05, 0) is 25.5 Å². The highest BCUT2D eigenvalue weighted by Gasteiger charge is 2.14. The topological polar surface area (TPSA) is 66.4 Å². The first-order valence-corrected chi connectivity index (χ1v) is 8.75. The zero-order chi connectivity index (χ0) is 19.7. The van der Waals surface area contributed by atoms with Crippen molar-refractivity contribution in [2.75, 3.05) is 41.9 Å². The number of halogens is 1. The Bertz CT molecular complexity index is 623. The largest absolute Gasteiger partial charge is 0.497 e. The second-order valence-electron chi connectivity index (χ2n) is 6.42. The van der Waals surface area contributed by atoms with Crippen LogP contribution in [0.1, 0.15) is 25.8 Å². The standard InChI is InChI=1S/C19H32N4O3.HI/c1-8-14(2)21-19(20-12-18(24)22(3)4)23(5)13-15-9-10-16(25-6)11-17(15)26-7;/h9-11,14H,8,12-13H2,1-7H3,(H,20,21);1H. The summed E-state index contributed by atoms with van der Waals surface area (Å²) in [4.78, 5) is 19.9. The van der Waals surface area contributed by atoms with Gasteiger partial charge in [0.15, 0.2) is 5.96 Å². The van der Waals surface area contributed by atoms with Crippen LogP contribution in [0.4, 0.5) is 0 Å². The Morgan fingerprint density at radius 1 is 1.22 bits per heavy atom. The Kier molecular flexibility index (Phi) is 11.8. The average Bonchev–Trinajstić information content (AvgIpc) is 2.64. The van der Waals surface area contributed by atoms with Gasteiger partial charge < -0.3 is 24.6 Å². The van der Waals surface area contributed by atoms with E-state index in [-0.39, 0.29) is 42.5 Å². The predicted molar refractivity (Wildman–Crippen MR) is 120 cm³/mol. The zero-order valence-corrected chi connectivity index (χ0v) is 19.7. The smallest absolute Gasteiger partial charge is 0.243 e. The van der Waals surface area contributed by atoms with Crippen molar-refractivity contribution in [3.8, 4) is 11.5 Å². The molecule has 0 fully saturated rings. The van der Waals surface area contributed by atoms with Crippen LogP contribution in [0.2, 0.25) is 0 Å². The van der Waals surface area contributed by atoms with E-state index in [1.807, 2.05) is 30.1 Å². The van der Waals surface area contributed by atoms with Gasteiger partial charge in [-0.25, -0.2) is 4.99 Å². The van der Waals surface area contributed by atoms with Crippen LogP contribution in [0, 0.1) is 0 Å². The van der Waals surface area contributed by atoms with Gasteiger partial charge in [0.1, 0.15) is 18.0 Å². The van der Waals surface area contributed by atoms with Crippen LogP contribution in [-0.2, 0) is 11.3 Å². The van der Waals surface area contributed by atoms with Crippen LogP contribution < -0.4 is 14.8 Å². The van der Waals surface area contributed by atoms with Gasteiger partial charge in [-0.2, -0.15) is 0 Å². The van der Waals surface area contributed by atoms with Gasteiger partial charge >= 0.3 is 0 Å². The molecule has 0 saturated carbocycles. The van der Waals surface area contributed by atoms with Crippen molar-refractivity contribution >= 4 is 35.8 Å². The molecule has 1 unspecified atom stereocenters. The summed E-state index contributed by atoms with van der Waals surface area (Å²) in [6.45, 7) is 4.89. The van der Waals surface area contributed by atoms with Gasteiger partial charge in [-0.1, -0.05) is 6.92 Å². The number of hydrogen-bond acceptors (Lipinski definition) is 4. The molecule has 0 spiro atoms. The monoisotopic (exact) mass is 492 g/mol. The van der Waals surface area contributed by atoms with Crippen molar-refractivity contribution in [2.45, 2.75) is 32.9 Å². The molecule has 1 aromatic carbocycles. The number of ether oxygens (including phenoxy) is 2. The molecular weight excluding hydrogens is 459 g/mol. The van der Waals surface area contributed by atoms with Crippen molar-refractivity contribution in [1.29, 1.82) is 0 Å². The van der Waals surface area contributed by atoms with Crippen LogP contribution in [0.25, 0.3) is 0 Å². The van der Waals surface area contributed by atoms with E-state index in [0.717, 1.165) is 23.5 Å². The molecule has 1 aromatic rings. The molecule has 1 rings (SSSR count). The summed E-state index contributed by atoms with van der Waals surface area (Å²) in [5, 5.41) is 3.38. The SMILES string of the molecule is CCC(C)NC(=NCC(=O)N(C)C)N(C)Cc1ccc(OC)cc1OC.I. The second kappa shape index (κ2) is 12.6. The molecule has 0 heterocycles. The molecule has 1 N–H and O–H groups in total. The number of nitrogens with zero attached hydrogens (tertiary/aromatic N) is 3. The fraction of sp³-hybridized carbons (Fsp3) is 0.579. The van der Waals surface area contributed by atoms with Gasteiger partial charge in [0.2, 0.25) is 5.91 Å². The van der Waals surface area contributed by atoms with E-state index in [2.05, 4.69) is 24.2 Å². The van der Waals surface area contributed by atoms with E-state index in [0.29, 0.717) is 12.5 Å². The van der Waals surface area contributed by atoms with E-state index in [9.17, 15) is 4.79 Å². The number of aliphatic imine (C=N–C) groups is 1. The highest BCUT2D eigenvalue weighted by Crippen LogP contribution is 2.25. The lowest BCUT2D eigenvalue weighted by Gasteiger charge is -2.26. The summed E-state index contributed by atoms with van der Waals surface area (Å²) < 4.78 is 10.7. The lowest BCUT2D eigenvalue weighted by molar-refractivity contribution is -0.127. The molecule has 1 amide bonds. The van der Waals surface area contributed by atoms with Gasteiger partial charge in [-0.3, -0.25) is 4.79 Å². The summed E-state index contributed by atoms with van der Waals surface area (Å²) >= 11 is 0. The van der Waals surface area contributed by atoms with Crippen LogP contribution in [-0.4, -0.2) is 69.6 Å². The van der Waals surface area contributed by atoms with Crippen LogP contribution >= 0.6 is 24.0 Å². The fourth-order valence-corrected chi connectivity index (χ4v) is 2.20. The number of amides is 1. The molecule has 0 aromatic heterocycles. The fourth-order valence-electron chi connectivity index (χ4n) is 2.20. The maximum atomic E-state index is 11.9. The molecular formula is C19H33IN4O3. The third kappa shape index (κ3) is 8.23. The van der Waals surface area contributed by atoms with Crippen molar-refractivity contribution in [3.05, 3.63) is 23.8 Å². The molecule has 0 saturated heterocycles. The number of nitrogens with one attached hydrogen (secondary N) is 1. The lowest BCUT2D eigenvalue weighted by Crippen LogP contribution is -2.43. The summed E-state index contributed by atoms with van der Waals surface area (Å²) in [6, 6.07) is 5.99. The quantitative estimate of drug-likeness (QED) is 0.344. The minimum Gasteiger partial charge on any atom is -0.497 e. The molecule has 0 aliphatic rings. The van der Waals surface area contributed by atoms with Crippen molar-refractivity contribution < 1.29 is 14.3 Å². The summed E-state index contributed by atoms with van der Waals surface area (Å²) in [5.41, 5.74) is 1.01. The van der Waals surface area contributed by atoms with E-state index in [1.54, 1.807) is 28.3 Å². The second-order valence-corrected chi connectivity index (χ2v) is 6.42. The van der Waals surface area contributed by atoms with E-state index >= 15 is 0 Å². The van der Waals surface area contributed by atoms with Crippen LogP contribution in [0.5, 0.6) is 11.5 Å². The summed E-state index contributed by atoms with van der Waals surface area (Å²) in [7, 11) is 8.67. The summed E-state index contributed by atoms with van der Waals surface area (Å²) in [5.74, 6) is 2.15. The Morgan fingerprint density at radius 3 is 2.41 bits per heavy atom. The average molecular weight is 492 g/mol. The predicted octanol–water partition coefficient (Wildman–Crippen LogP) is 2.59. The number of benzene rings is 1. The number of carbonyl (C=O) groups excluding carboxylic acids is 1. The van der Waals surface area contributed by atoms with Crippen molar-refractivity contribution in [3.63, 3.8) is 0 Å². The van der Waals surface area contributed by atoms with E-state index in [4.69, 9.17) is 9.47 Å². The maximum absolute atomic E-state index is 11.9. The minimum absolute atomic E-state index is 0. The highest BCUT2D eigenvalue weighted by molar-refractivity contribution is 14.0. The van der Waals surface area contributed by atoms with Crippen molar-refractivity contribution in [1.82, 2.24) is 15.1 Å². The van der Waals surface area contributed by atoms with Gasteiger partial charge in [0.25, 0.3) is 0 Å². The number of rotatable bonds is 8. The first kappa shape index (κ1) is 25.3. The van der Waals surface area contributed by atoms with Crippen LogP contribution in [0.3, 0.4) is 0 Å². The first-order chi connectivity index (χ1) is 12.3. The molecule has 154 valence electrons. The van der Waals surface area contributed by atoms with Crippen molar-refractivity contribution in [2.24, 2.45) is 4.99 Å². The first-order valence-electron chi connectivity index (χ1n) is 8.75. The Hall–Kier alpha value is -1.71. The van der Waals surface area contributed by atoms with Crippen LogP contribution in [0.15, 0.2) is 23.2 Å². The number of hydrogen-bond donors (Lipinski definition) is 1. The molecule has 0 radical (unpaired) electrons. The molecule has 0 aliphatic heterocycles. The molecule has 27 heavy (non-hydrogen) atoms. The molecule has 1 atom stereocenters. The molecule has 0 bridgehead atoms. The third-order valence-corrected chi connectivity index (χ3v) is 4.11. The van der Waals surface area contributed by atoms with Gasteiger partial charge in [0, 0.05) is 45.4 Å². The molecule has 7 nitrogen and oxygen atoms in total. The zero-order valence-electron chi connectivity index (χ0n) is 17.4. The van der Waals surface area contributed by atoms with E-state index < -0.39 is 0 Å². The molecule has 8 heteroatoms. The maximum Gasteiger partial charge on any atom is 0.243 e. The lowest BCUT2D eigenvalue weighted by atomic mass is 10.2. The Labute approximate surface area is 180 Å². The van der Waals surface area contributed by atoms with Gasteiger partial charge in [0.05, 0.1) is 14.2 Å². The number of carbonyl (C=O) groups is 1. The van der Waals surface area contributed by atoms with E-state index in [1.165, 1.54) is 4.90 Å². The number of guanidine groups is 1. The van der Waals surface area contributed by atoms with Gasteiger partial charge in [-0.15, -0.1) is 24.0 Å². The molecule has 0 aliphatic carbocycles. The third-order valence-electron chi connectivity index (χ3n) is 4.11. The Morgan fingerprint density at radius 2 is 1.89 bits per heavy atom. The summed E-state index contributed by atoms with van der Waals surface area (Å²) in [6.07, 6.45) is 0.959. The minimum atomic E-state index is -0.0381. The number of methoxy groups -OCH3 is 2. The number of likely N-dealkylation sites (N-methyl/N-ethyl adjacent to an activating group) is 1.